The lowest BCUT2D eigenvalue weighted by Crippen LogP contribution is -2.14. The molecule has 0 N–H and O–H groups in total. The molecule has 0 fully saturated rings. The Bertz CT molecular complexity index is 874. The summed E-state index contributed by atoms with van der Waals surface area (Å²) in [6.07, 6.45) is 2.42. The van der Waals surface area contributed by atoms with E-state index in [4.69, 9.17) is 9.57 Å². The minimum absolute atomic E-state index is 0.149. The third kappa shape index (κ3) is 4.13. The Labute approximate surface area is 161 Å². The van der Waals surface area contributed by atoms with Gasteiger partial charge >= 0.3 is 0 Å². The van der Waals surface area contributed by atoms with Crippen LogP contribution in [0.2, 0.25) is 0 Å². The Kier molecular flexibility index (Phi) is 5.79. The molecular formula is C22H27N3O2. The van der Waals surface area contributed by atoms with E-state index in [0.29, 0.717) is 0 Å². The zero-order valence-electron chi connectivity index (χ0n) is 16.7. The summed E-state index contributed by atoms with van der Waals surface area (Å²) >= 11 is 0. The van der Waals surface area contributed by atoms with E-state index < -0.39 is 0 Å². The third-order valence-electron chi connectivity index (χ3n) is 4.91. The minimum atomic E-state index is -0.149. The van der Waals surface area contributed by atoms with Crippen LogP contribution >= 0.6 is 0 Å². The number of hydrogen-bond donors (Lipinski definition) is 0. The van der Waals surface area contributed by atoms with Gasteiger partial charge in [-0.05, 0) is 38.0 Å². The highest BCUT2D eigenvalue weighted by Crippen LogP contribution is 2.39. The van der Waals surface area contributed by atoms with E-state index in [2.05, 4.69) is 49.1 Å². The molecule has 0 aromatic heterocycles. The second-order valence-electron chi connectivity index (χ2n) is 6.85. The SMILES string of the molecule is CCN(C)C=Nc1cc(OC)c(C2CC(c3ccccc3C)=NO2)cc1C. The Morgan fingerprint density at radius 2 is 2.04 bits per heavy atom. The van der Waals surface area contributed by atoms with Crippen molar-refractivity contribution in [2.75, 3.05) is 20.7 Å². The van der Waals surface area contributed by atoms with Crippen LogP contribution in [0.3, 0.4) is 0 Å². The first-order valence-corrected chi connectivity index (χ1v) is 9.25. The number of hydrogen-bond acceptors (Lipinski definition) is 4. The smallest absolute Gasteiger partial charge is 0.161 e. The molecule has 1 aliphatic heterocycles. The van der Waals surface area contributed by atoms with Gasteiger partial charge in [0.15, 0.2) is 6.10 Å². The molecule has 0 saturated heterocycles. The van der Waals surface area contributed by atoms with Crippen molar-refractivity contribution in [2.45, 2.75) is 33.3 Å². The molecule has 3 rings (SSSR count). The molecule has 142 valence electrons. The number of aliphatic imine (C=N–C) groups is 1. The van der Waals surface area contributed by atoms with Gasteiger partial charge in [-0.25, -0.2) is 4.99 Å². The molecule has 27 heavy (non-hydrogen) atoms. The predicted molar refractivity (Wildman–Crippen MR) is 110 cm³/mol. The van der Waals surface area contributed by atoms with Crippen LogP contribution in [0.15, 0.2) is 46.5 Å². The molecule has 2 aromatic rings. The highest BCUT2D eigenvalue weighted by Gasteiger charge is 2.27. The molecule has 0 saturated carbocycles. The number of ether oxygens (including phenoxy) is 1. The highest BCUT2D eigenvalue weighted by molar-refractivity contribution is 6.02. The van der Waals surface area contributed by atoms with Crippen molar-refractivity contribution < 1.29 is 9.57 Å². The number of rotatable bonds is 6. The van der Waals surface area contributed by atoms with Gasteiger partial charge in [0, 0.05) is 37.2 Å². The van der Waals surface area contributed by atoms with Gasteiger partial charge in [0.2, 0.25) is 0 Å². The van der Waals surface area contributed by atoms with Crippen LogP contribution in [0.25, 0.3) is 0 Å². The zero-order valence-corrected chi connectivity index (χ0v) is 16.7. The second-order valence-corrected chi connectivity index (χ2v) is 6.85. The normalized spacial score (nSPS) is 16.3. The molecule has 0 radical (unpaired) electrons. The summed E-state index contributed by atoms with van der Waals surface area (Å²) in [6.45, 7) is 7.15. The summed E-state index contributed by atoms with van der Waals surface area (Å²) in [7, 11) is 3.68. The lowest BCUT2D eigenvalue weighted by Gasteiger charge is -2.16. The van der Waals surface area contributed by atoms with Crippen LogP contribution in [0.5, 0.6) is 5.75 Å². The fraction of sp³-hybridized carbons (Fsp3) is 0.364. The molecule has 0 spiro atoms. The monoisotopic (exact) mass is 365 g/mol. The average Bonchev–Trinajstić information content (AvgIpc) is 3.16. The number of benzene rings is 2. The molecule has 5 heteroatoms. The van der Waals surface area contributed by atoms with E-state index >= 15 is 0 Å². The second kappa shape index (κ2) is 8.25. The molecule has 2 aromatic carbocycles. The summed E-state index contributed by atoms with van der Waals surface area (Å²) in [5.74, 6) is 0.776. The molecular weight excluding hydrogens is 338 g/mol. The van der Waals surface area contributed by atoms with E-state index in [1.807, 2.05) is 36.5 Å². The van der Waals surface area contributed by atoms with Crippen LogP contribution in [0.4, 0.5) is 5.69 Å². The first-order valence-electron chi connectivity index (χ1n) is 9.25. The molecule has 1 unspecified atom stereocenters. The molecule has 0 aliphatic carbocycles. The minimum Gasteiger partial charge on any atom is -0.496 e. The largest absolute Gasteiger partial charge is 0.496 e. The maximum Gasteiger partial charge on any atom is 0.161 e. The number of oxime groups is 1. The molecule has 1 aliphatic rings. The van der Waals surface area contributed by atoms with Crippen molar-refractivity contribution in [1.82, 2.24) is 4.90 Å². The summed E-state index contributed by atoms with van der Waals surface area (Å²) in [6, 6.07) is 12.3. The standard InChI is InChI=1S/C22H27N3O2/c1-6-25(4)14-23-19-12-21(26-5)18(11-16(19)3)22-13-20(24-27-22)17-10-8-7-9-15(17)2/h7-12,14,22H,6,13H2,1-5H3. The van der Waals surface area contributed by atoms with Crippen LogP contribution in [0, 0.1) is 13.8 Å². The summed E-state index contributed by atoms with van der Waals surface area (Å²) in [4.78, 5) is 12.4. The predicted octanol–water partition coefficient (Wildman–Crippen LogP) is 4.79. The summed E-state index contributed by atoms with van der Waals surface area (Å²) in [5, 5.41) is 4.35. The highest BCUT2D eigenvalue weighted by atomic mass is 16.6. The maximum atomic E-state index is 5.78. The van der Waals surface area contributed by atoms with Gasteiger partial charge < -0.3 is 14.5 Å². The third-order valence-corrected chi connectivity index (χ3v) is 4.91. The van der Waals surface area contributed by atoms with E-state index in [0.717, 1.165) is 46.8 Å². The summed E-state index contributed by atoms with van der Waals surface area (Å²) in [5.41, 5.74) is 6.30. The Morgan fingerprint density at radius 1 is 1.26 bits per heavy atom. The van der Waals surface area contributed by atoms with Crippen molar-refractivity contribution in [3.05, 3.63) is 58.7 Å². The first kappa shape index (κ1) is 19.0. The fourth-order valence-corrected chi connectivity index (χ4v) is 3.11. The lowest BCUT2D eigenvalue weighted by atomic mass is 9.96. The first-order chi connectivity index (χ1) is 13.0. The Balaban J connectivity index is 1.85. The van der Waals surface area contributed by atoms with E-state index in [9.17, 15) is 0 Å². The zero-order chi connectivity index (χ0) is 19.4. The van der Waals surface area contributed by atoms with E-state index in [1.165, 1.54) is 5.56 Å². The van der Waals surface area contributed by atoms with Crippen LogP contribution in [-0.2, 0) is 4.84 Å². The van der Waals surface area contributed by atoms with E-state index in [-0.39, 0.29) is 6.10 Å². The molecule has 1 heterocycles. The van der Waals surface area contributed by atoms with Gasteiger partial charge in [-0.15, -0.1) is 0 Å². The Morgan fingerprint density at radius 3 is 2.74 bits per heavy atom. The van der Waals surface area contributed by atoms with Crippen molar-refractivity contribution in [3.63, 3.8) is 0 Å². The van der Waals surface area contributed by atoms with Crippen molar-refractivity contribution in [3.8, 4) is 5.75 Å². The molecule has 5 nitrogen and oxygen atoms in total. The van der Waals surface area contributed by atoms with Gasteiger partial charge in [-0.3, -0.25) is 0 Å². The van der Waals surface area contributed by atoms with Crippen LogP contribution < -0.4 is 4.74 Å². The number of aryl methyl sites for hydroxylation is 2. The molecule has 1 atom stereocenters. The molecule has 0 bridgehead atoms. The number of methoxy groups -OCH3 is 1. The summed E-state index contributed by atoms with van der Waals surface area (Å²) < 4.78 is 5.63. The van der Waals surface area contributed by atoms with Gasteiger partial charge in [0.1, 0.15) is 5.75 Å². The average molecular weight is 365 g/mol. The topological polar surface area (TPSA) is 46.4 Å². The van der Waals surface area contributed by atoms with Gasteiger partial charge in [0.25, 0.3) is 0 Å². The number of nitrogens with zero attached hydrogens (tertiary/aromatic N) is 3. The van der Waals surface area contributed by atoms with E-state index in [1.54, 1.807) is 7.11 Å². The van der Waals surface area contributed by atoms with Crippen LogP contribution in [0.1, 0.15) is 41.7 Å². The Hall–Kier alpha value is -2.82. The van der Waals surface area contributed by atoms with Crippen molar-refractivity contribution >= 4 is 17.7 Å². The van der Waals surface area contributed by atoms with Crippen molar-refractivity contribution in [1.29, 1.82) is 0 Å². The maximum absolute atomic E-state index is 5.78. The lowest BCUT2D eigenvalue weighted by molar-refractivity contribution is 0.0836. The quantitative estimate of drug-likeness (QED) is 0.546. The molecule has 0 amide bonds. The van der Waals surface area contributed by atoms with Gasteiger partial charge in [-0.2, -0.15) is 0 Å². The fourth-order valence-electron chi connectivity index (χ4n) is 3.11. The van der Waals surface area contributed by atoms with Gasteiger partial charge in [-0.1, -0.05) is 29.4 Å². The van der Waals surface area contributed by atoms with Crippen LogP contribution in [-0.4, -0.2) is 37.7 Å². The van der Waals surface area contributed by atoms with Crippen molar-refractivity contribution in [2.24, 2.45) is 10.1 Å². The van der Waals surface area contributed by atoms with Gasteiger partial charge in [0.05, 0.1) is 24.8 Å².